The van der Waals surface area contributed by atoms with Crippen LogP contribution in [0.3, 0.4) is 0 Å². The Morgan fingerprint density at radius 3 is 2.24 bits per heavy atom. The van der Waals surface area contributed by atoms with Crippen molar-refractivity contribution in [3.8, 4) is 5.75 Å². The molecule has 25 heavy (non-hydrogen) atoms. The van der Waals surface area contributed by atoms with Gasteiger partial charge in [-0.1, -0.05) is 18.2 Å². The highest BCUT2D eigenvalue weighted by atomic mass is 79.9. The Labute approximate surface area is 157 Å². The summed E-state index contributed by atoms with van der Waals surface area (Å²) >= 11 is 4.29. The Balaban J connectivity index is 1.69. The van der Waals surface area contributed by atoms with Crippen LogP contribution in [0, 0.1) is 0 Å². The first-order chi connectivity index (χ1) is 11.9. The molecule has 0 aliphatic carbocycles. The molecule has 1 N–H and O–H groups in total. The van der Waals surface area contributed by atoms with Crippen LogP contribution in [0.2, 0.25) is 0 Å². The van der Waals surface area contributed by atoms with Gasteiger partial charge >= 0.3 is 10.1 Å². The van der Waals surface area contributed by atoms with Gasteiger partial charge < -0.3 is 9.50 Å². The number of nitrogens with one attached hydrogen (secondary N) is 1. The Hall–Kier alpha value is -2.16. The lowest BCUT2D eigenvalue weighted by Crippen LogP contribution is -2.11. The van der Waals surface area contributed by atoms with Crippen molar-refractivity contribution < 1.29 is 17.4 Å². The molecule has 2 aromatic carbocycles. The van der Waals surface area contributed by atoms with Gasteiger partial charge in [-0.15, -0.1) is 11.3 Å². The zero-order valence-corrected chi connectivity index (χ0v) is 15.9. The van der Waals surface area contributed by atoms with Gasteiger partial charge in [-0.05, 0) is 64.5 Å². The van der Waals surface area contributed by atoms with Crippen LogP contribution in [0.25, 0.3) is 0 Å². The Bertz CT molecular complexity index is 983. The predicted octanol–water partition coefficient (Wildman–Crippen LogP) is 4.53. The second kappa shape index (κ2) is 7.38. The van der Waals surface area contributed by atoms with Crippen LogP contribution in [0.15, 0.2) is 74.7 Å². The monoisotopic (exact) mass is 437 g/mol. The number of rotatable bonds is 5. The molecule has 5 nitrogen and oxygen atoms in total. The molecule has 0 unspecified atom stereocenters. The average molecular weight is 438 g/mol. The van der Waals surface area contributed by atoms with Crippen LogP contribution in [-0.2, 0) is 10.1 Å². The molecule has 0 spiro atoms. The Kier molecular flexibility index (Phi) is 5.22. The molecule has 3 rings (SSSR count). The number of carbonyl (C=O) groups excluding carboxylic acids is 1. The van der Waals surface area contributed by atoms with Crippen molar-refractivity contribution in [3.05, 3.63) is 76.1 Å². The summed E-state index contributed by atoms with van der Waals surface area (Å²) in [6, 6.07) is 18.0. The highest BCUT2D eigenvalue weighted by Gasteiger charge is 2.19. The molecule has 0 aliphatic heterocycles. The summed E-state index contributed by atoms with van der Waals surface area (Å²) in [5.41, 5.74) is 1.08. The van der Waals surface area contributed by atoms with Crippen LogP contribution in [0.5, 0.6) is 5.75 Å². The lowest BCUT2D eigenvalue weighted by Gasteiger charge is -2.08. The van der Waals surface area contributed by atoms with Crippen LogP contribution < -0.4 is 9.50 Å². The summed E-state index contributed by atoms with van der Waals surface area (Å²) in [7, 11) is -3.87. The molecule has 0 atom stereocenters. The summed E-state index contributed by atoms with van der Waals surface area (Å²) in [4.78, 5) is 12.1. The first-order valence-corrected chi connectivity index (χ1v) is 10.1. The van der Waals surface area contributed by atoms with Crippen molar-refractivity contribution in [1.82, 2.24) is 0 Å². The number of halogens is 1. The molecular weight excluding hydrogens is 426 g/mol. The molecule has 0 saturated carbocycles. The summed E-state index contributed by atoms with van der Waals surface area (Å²) in [6.45, 7) is 0. The van der Waals surface area contributed by atoms with Gasteiger partial charge in [0.15, 0.2) is 4.21 Å². The maximum Gasteiger partial charge on any atom is 0.348 e. The fraction of sp³-hybridized carbons (Fsp3) is 0. The minimum atomic E-state index is -3.87. The van der Waals surface area contributed by atoms with Crippen molar-refractivity contribution in [2.45, 2.75) is 4.21 Å². The van der Waals surface area contributed by atoms with Crippen molar-refractivity contribution in [2.75, 3.05) is 5.32 Å². The minimum absolute atomic E-state index is 0.112. The van der Waals surface area contributed by atoms with Gasteiger partial charge in [0, 0.05) is 11.3 Å². The molecule has 0 fully saturated rings. The third kappa shape index (κ3) is 4.47. The van der Waals surface area contributed by atoms with E-state index in [9.17, 15) is 13.2 Å². The molecule has 8 heteroatoms. The van der Waals surface area contributed by atoms with Gasteiger partial charge in [0.25, 0.3) is 5.91 Å². The second-order valence-electron chi connectivity index (χ2n) is 4.94. The smallest absolute Gasteiger partial charge is 0.348 e. The topological polar surface area (TPSA) is 72.5 Å². The highest BCUT2D eigenvalue weighted by molar-refractivity contribution is 9.11. The van der Waals surface area contributed by atoms with Crippen LogP contribution in [-0.4, -0.2) is 14.3 Å². The van der Waals surface area contributed by atoms with E-state index in [2.05, 4.69) is 21.2 Å². The summed E-state index contributed by atoms with van der Waals surface area (Å²) in [5.74, 6) is -0.0763. The van der Waals surface area contributed by atoms with E-state index >= 15 is 0 Å². The number of carbonyl (C=O) groups is 1. The first-order valence-electron chi connectivity index (χ1n) is 7.10. The molecule has 0 bridgehead atoms. The van der Waals surface area contributed by atoms with Gasteiger partial charge in [0.2, 0.25) is 0 Å². The quantitative estimate of drug-likeness (QED) is 0.595. The minimum Gasteiger partial charge on any atom is -0.378 e. The molecule has 0 radical (unpaired) electrons. The number of benzene rings is 2. The fourth-order valence-electron chi connectivity index (χ4n) is 1.99. The largest absolute Gasteiger partial charge is 0.378 e. The van der Waals surface area contributed by atoms with Crippen LogP contribution >= 0.6 is 27.3 Å². The maximum atomic E-state index is 12.2. The van der Waals surface area contributed by atoms with Gasteiger partial charge in [0.1, 0.15) is 5.75 Å². The Morgan fingerprint density at radius 2 is 1.64 bits per heavy atom. The van der Waals surface area contributed by atoms with Gasteiger partial charge in [-0.25, -0.2) is 0 Å². The number of amides is 1. The first kappa shape index (κ1) is 17.7. The lowest BCUT2D eigenvalue weighted by atomic mass is 10.2. The van der Waals surface area contributed by atoms with Crippen LogP contribution in [0.4, 0.5) is 5.69 Å². The molecule has 0 saturated heterocycles. The van der Waals surface area contributed by atoms with Gasteiger partial charge in [0.05, 0.1) is 3.79 Å². The molecule has 0 aliphatic rings. The fourth-order valence-corrected chi connectivity index (χ4v) is 4.89. The number of hydrogen-bond donors (Lipinski definition) is 1. The standard InChI is InChI=1S/C17H12BrNO4S2/c18-15-10-11-16(24-15)25(21,22)23-14-8-6-13(7-9-14)19-17(20)12-4-2-1-3-5-12/h1-11H,(H,19,20). The van der Waals surface area contributed by atoms with E-state index in [0.717, 1.165) is 11.3 Å². The number of thiophene rings is 1. The highest BCUT2D eigenvalue weighted by Crippen LogP contribution is 2.28. The predicted molar refractivity (Wildman–Crippen MR) is 101 cm³/mol. The molecule has 1 amide bonds. The van der Waals surface area contributed by atoms with Crippen molar-refractivity contribution in [2.24, 2.45) is 0 Å². The number of hydrogen-bond acceptors (Lipinski definition) is 5. The average Bonchev–Trinajstić information content (AvgIpc) is 3.05. The van der Waals surface area contributed by atoms with E-state index < -0.39 is 10.1 Å². The molecule has 1 aromatic heterocycles. The van der Waals surface area contributed by atoms with E-state index in [4.69, 9.17) is 4.18 Å². The van der Waals surface area contributed by atoms with E-state index in [1.54, 1.807) is 42.5 Å². The van der Waals surface area contributed by atoms with E-state index in [1.165, 1.54) is 18.2 Å². The number of anilines is 1. The third-order valence-corrected chi connectivity index (χ3v) is 6.47. The Morgan fingerprint density at radius 1 is 0.960 bits per heavy atom. The maximum absolute atomic E-state index is 12.2. The van der Waals surface area contributed by atoms with Crippen molar-refractivity contribution in [3.63, 3.8) is 0 Å². The normalized spacial score (nSPS) is 11.1. The third-order valence-electron chi connectivity index (χ3n) is 3.15. The van der Waals surface area contributed by atoms with E-state index in [0.29, 0.717) is 15.0 Å². The van der Waals surface area contributed by atoms with Crippen molar-refractivity contribution >= 4 is 49.0 Å². The van der Waals surface area contributed by atoms with Gasteiger partial charge in [-0.3, -0.25) is 4.79 Å². The summed E-state index contributed by atoms with van der Waals surface area (Å²) < 4.78 is 30.2. The molecular formula is C17H12BrNO4S2. The van der Waals surface area contributed by atoms with E-state index in [-0.39, 0.29) is 15.9 Å². The second-order valence-corrected chi connectivity index (χ2v) is 9.18. The zero-order valence-electron chi connectivity index (χ0n) is 12.7. The zero-order chi connectivity index (χ0) is 17.9. The van der Waals surface area contributed by atoms with Gasteiger partial charge in [-0.2, -0.15) is 8.42 Å². The summed E-state index contributed by atoms with van der Waals surface area (Å²) in [5, 5.41) is 2.74. The van der Waals surface area contributed by atoms with E-state index in [1.807, 2.05) is 6.07 Å². The molecule has 128 valence electrons. The molecule has 1 heterocycles. The lowest BCUT2D eigenvalue weighted by molar-refractivity contribution is 0.102. The van der Waals surface area contributed by atoms with Crippen molar-refractivity contribution in [1.29, 1.82) is 0 Å². The molecule has 3 aromatic rings. The summed E-state index contributed by atoms with van der Waals surface area (Å²) in [6.07, 6.45) is 0. The van der Waals surface area contributed by atoms with Crippen LogP contribution in [0.1, 0.15) is 10.4 Å². The SMILES string of the molecule is O=C(Nc1ccc(OS(=O)(=O)c2ccc(Br)s2)cc1)c1ccccc1.